The molecule has 0 aliphatic heterocycles. The molecule has 23 heteroatoms. The second kappa shape index (κ2) is 16.1. The van der Waals surface area contributed by atoms with E-state index in [4.69, 9.17) is 9.47 Å². The molecule has 6 N–H and O–H groups in total. The molecule has 18 nitrogen and oxygen atoms in total. The highest BCUT2D eigenvalue weighted by Gasteiger charge is 2.60. The number of rotatable bonds is 21. The molecule has 0 saturated heterocycles. The molecule has 0 spiro atoms. The van der Waals surface area contributed by atoms with Crippen LogP contribution in [0.3, 0.4) is 0 Å². The van der Waals surface area contributed by atoms with Crippen LogP contribution in [0.15, 0.2) is 60.7 Å². The second-order valence-corrected chi connectivity index (χ2v) is 18.0. The van der Waals surface area contributed by atoms with E-state index in [-0.39, 0.29) is 13.2 Å². The summed E-state index contributed by atoms with van der Waals surface area (Å²) in [7, 11) is -28.1. The summed E-state index contributed by atoms with van der Waals surface area (Å²) in [6.07, 6.45) is -1.64. The molecule has 268 valence electrons. The Bertz CT molecular complexity index is 1710. The standard InChI is InChI=1S/C24H35NO17S5/c26-43(27,28)15-23(16-44(29,30)31,17-45(32,33)34)24(18-46(35,36)37,19-47(38,39)40)25-12-11-22(41-13-20-7-3-1-4-8-20)42-14-21-9-5-2-6-10-21/h1-10,22,25H,11-19H2,(H,26,27,28)(H,29,30,31)(H,32,33,34)(H,35,36,37)(H,38,39,40). The summed E-state index contributed by atoms with van der Waals surface area (Å²) >= 11 is 0. The SMILES string of the molecule is O=S(=O)(O)CC(CS(=O)(=O)O)(CS(=O)(=O)O)C(CS(=O)(=O)O)(CS(=O)(=O)O)NCCC(OCc1ccccc1)OCc1ccccc1. The summed E-state index contributed by atoms with van der Waals surface area (Å²) in [5, 5.41) is 2.22. The van der Waals surface area contributed by atoms with E-state index < -0.39 is 110 Å². The molecule has 0 fully saturated rings. The van der Waals surface area contributed by atoms with Crippen molar-refractivity contribution < 1.29 is 74.3 Å². The minimum atomic E-state index is -5.63. The van der Waals surface area contributed by atoms with Gasteiger partial charge in [0, 0.05) is 18.4 Å². The fourth-order valence-corrected chi connectivity index (χ4v) is 11.3. The molecule has 2 rings (SSSR count). The minimum absolute atomic E-state index is 0.0698. The van der Waals surface area contributed by atoms with Crippen LogP contribution in [-0.4, -0.2) is 112 Å². The Morgan fingerprint density at radius 1 is 0.532 bits per heavy atom. The largest absolute Gasteiger partial charge is 0.348 e. The van der Waals surface area contributed by atoms with Gasteiger partial charge in [0.2, 0.25) is 0 Å². The summed E-state index contributed by atoms with van der Waals surface area (Å²) in [6.45, 7) is -0.886. The molecule has 0 atom stereocenters. The first-order valence-electron chi connectivity index (χ1n) is 13.1. The zero-order chi connectivity index (χ0) is 35.8. The normalized spacial score (nSPS) is 14.0. The average molecular weight is 770 g/mol. The van der Waals surface area contributed by atoms with E-state index in [1.807, 2.05) is 0 Å². The van der Waals surface area contributed by atoms with Crippen molar-refractivity contribution in [3.8, 4) is 0 Å². The van der Waals surface area contributed by atoms with Crippen LogP contribution in [0.4, 0.5) is 0 Å². The molecule has 0 aliphatic rings. The number of ether oxygens (including phenoxy) is 2. The molecule has 2 aromatic carbocycles. The average Bonchev–Trinajstić information content (AvgIpc) is 2.86. The van der Waals surface area contributed by atoms with Crippen LogP contribution in [-0.2, 0) is 73.3 Å². The summed E-state index contributed by atoms with van der Waals surface area (Å²) in [5.41, 5.74) is -5.60. The van der Waals surface area contributed by atoms with E-state index in [0.29, 0.717) is 11.1 Å². The Morgan fingerprint density at radius 3 is 1.15 bits per heavy atom. The van der Waals surface area contributed by atoms with Gasteiger partial charge in [-0.15, -0.1) is 0 Å². The number of nitrogens with one attached hydrogen (secondary N) is 1. The fraction of sp³-hybridized carbons (Fsp3) is 0.500. The minimum Gasteiger partial charge on any atom is -0.348 e. The highest BCUT2D eigenvalue weighted by Crippen LogP contribution is 2.39. The van der Waals surface area contributed by atoms with Gasteiger partial charge in [-0.3, -0.25) is 22.8 Å². The molecule has 0 aliphatic carbocycles. The topological polar surface area (TPSA) is 302 Å². The van der Waals surface area contributed by atoms with Crippen LogP contribution in [0, 0.1) is 5.41 Å². The Hall–Kier alpha value is -2.13. The first kappa shape index (κ1) is 41.0. The third-order valence-corrected chi connectivity index (χ3v) is 11.1. The smallest absolute Gasteiger partial charge is 0.266 e. The lowest BCUT2D eigenvalue weighted by Gasteiger charge is -2.48. The van der Waals surface area contributed by atoms with Crippen molar-refractivity contribution in [1.29, 1.82) is 0 Å². The van der Waals surface area contributed by atoms with Crippen LogP contribution in [0.5, 0.6) is 0 Å². The van der Waals surface area contributed by atoms with Gasteiger partial charge in [-0.2, -0.15) is 42.1 Å². The van der Waals surface area contributed by atoms with Crippen molar-refractivity contribution in [2.45, 2.75) is 31.5 Å². The van der Waals surface area contributed by atoms with Gasteiger partial charge in [-0.05, 0) is 11.1 Å². The van der Waals surface area contributed by atoms with Crippen LogP contribution >= 0.6 is 0 Å². The third-order valence-electron chi connectivity index (χ3n) is 6.65. The fourth-order valence-electron chi connectivity index (χ4n) is 5.02. The molecule has 0 heterocycles. The molecule has 47 heavy (non-hydrogen) atoms. The highest BCUT2D eigenvalue weighted by atomic mass is 32.2. The number of benzene rings is 2. The van der Waals surface area contributed by atoms with Crippen LogP contribution in [0.2, 0.25) is 0 Å². The summed E-state index contributed by atoms with van der Waals surface area (Å²) in [5.74, 6) is -10.4. The van der Waals surface area contributed by atoms with Gasteiger partial charge in [0.1, 0.15) is 0 Å². The first-order valence-corrected chi connectivity index (χ1v) is 21.2. The van der Waals surface area contributed by atoms with E-state index >= 15 is 0 Å². The maximum absolute atomic E-state index is 12.2. The van der Waals surface area contributed by atoms with E-state index in [1.165, 1.54) is 0 Å². The molecule has 0 aromatic heterocycles. The van der Waals surface area contributed by atoms with Crippen molar-refractivity contribution in [1.82, 2.24) is 5.32 Å². The number of hydrogen-bond acceptors (Lipinski definition) is 13. The van der Waals surface area contributed by atoms with Gasteiger partial charge in [0.05, 0.1) is 47.5 Å². The monoisotopic (exact) mass is 769 g/mol. The third kappa shape index (κ3) is 15.8. The van der Waals surface area contributed by atoms with E-state index in [0.717, 1.165) is 0 Å². The predicted molar refractivity (Wildman–Crippen MR) is 166 cm³/mol. The van der Waals surface area contributed by atoms with Gasteiger partial charge in [0.25, 0.3) is 50.6 Å². The van der Waals surface area contributed by atoms with Gasteiger partial charge < -0.3 is 14.8 Å². The molecule has 0 saturated carbocycles. The van der Waals surface area contributed by atoms with Gasteiger partial charge in [0.15, 0.2) is 6.29 Å². The zero-order valence-electron chi connectivity index (χ0n) is 24.4. The molecule has 0 bridgehead atoms. The van der Waals surface area contributed by atoms with Gasteiger partial charge in [-0.25, -0.2) is 0 Å². The molecular formula is C24H35NO17S5. The Balaban J connectivity index is 2.68. The van der Waals surface area contributed by atoms with E-state index in [9.17, 15) is 64.9 Å². The van der Waals surface area contributed by atoms with Crippen molar-refractivity contribution in [3.05, 3.63) is 71.8 Å². The van der Waals surface area contributed by atoms with E-state index in [2.05, 4.69) is 5.32 Å². The van der Waals surface area contributed by atoms with Crippen molar-refractivity contribution in [2.75, 3.05) is 35.3 Å². The summed E-state index contributed by atoms with van der Waals surface area (Å²) in [4.78, 5) is 0. The van der Waals surface area contributed by atoms with E-state index in [1.54, 1.807) is 60.7 Å². The molecular weight excluding hydrogens is 735 g/mol. The molecule has 0 unspecified atom stereocenters. The number of hydrogen-bond donors (Lipinski definition) is 6. The molecule has 0 radical (unpaired) electrons. The quantitative estimate of drug-likeness (QED) is 0.0713. The maximum atomic E-state index is 12.2. The Morgan fingerprint density at radius 2 is 0.851 bits per heavy atom. The zero-order valence-corrected chi connectivity index (χ0v) is 28.5. The molecule has 2 aromatic rings. The lowest BCUT2D eigenvalue weighted by Crippen LogP contribution is -2.71. The van der Waals surface area contributed by atoms with Crippen LogP contribution < -0.4 is 5.32 Å². The van der Waals surface area contributed by atoms with Crippen molar-refractivity contribution >= 4 is 50.6 Å². The lowest BCUT2D eigenvalue weighted by molar-refractivity contribution is -0.159. The van der Waals surface area contributed by atoms with Crippen molar-refractivity contribution in [2.24, 2.45) is 5.41 Å². The van der Waals surface area contributed by atoms with Gasteiger partial charge in [-0.1, -0.05) is 60.7 Å². The maximum Gasteiger partial charge on any atom is 0.266 e. The highest BCUT2D eigenvalue weighted by molar-refractivity contribution is 7.88. The van der Waals surface area contributed by atoms with Crippen molar-refractivity contribution in [3.63, 3.8) is 0 Å². The summed E-state index contributed by atoms with van der Waals surface area (Å²) in [6, 6.07) is 17.1. The predicted octanol–water partition coefficient (Wildman–Crippen LogP) is -0.110. The molecule has 0 amide bonds. The van der Waals surface area contributed by atoms with Crippen LogP contribution in [0.25, 0.3) is 0 Å². The summed E-state index contributed by atoms with van der Waals surface area (Å²) < 4.78 is 182. The lowest BCUT2D eigenvalue weighted by atomic mass is 9.75. The van der Waals surface area contributed by atoms with Crippen LogP contribution in [0.1, 0.15) is 17.5 Å². The Kier molecular flexibility index (Phi) is 14.0. The second-order valence-electron chi connectivity index (χ2n) is 10.7. The first-order chi connectivity index (χ1) is 21.3. The van der Waals surface area contributed by atoms with Gasteiger partial charge >= 0.3 is 0 Å². The Labute approximate surface area is 273 Å².